The number of hydrogen-bond donors (Lipinski definition) is 3. The fourth-order valence-corrected chi connectivity index (χ4v) is 6.76. The van der Waals surface area contributed by atoms with Crippen LogP contribution in [0.4, 0.5) is 28.0 Å². The Kier molecular flexibility index (Phi) is 10.9. The minimum atomic E-state index is -5.08. The number of carbonyl (C=O) groups excluding carboxylic acids is 1. The van der Waals surface area contributed by atoms with Gasteiger partial charge >= 0.3 is 18.2 Å². The first kappa shape index (κ1) is 33.6. The molecule has 3 unspecified atom stereocenters. The molecule has 1 saturated carbocycles. The summed E-state index contributed by atoms with van der Waals surface area (Å²) in [6.45, 7) is 2.61. The number of nitrogens with zero attached hydrogens (tertiary/aromatic N) is 1. The van der Waals surface area contributed by atoms with E-state index in [1.807, 2.05) is 6.07 Å². The average molecular weight is 646 g/mol. The first-order chi connectivity index (χ1) is 20.9. The number of nitrogens with one attached hydrogen (secondary N) is 2. The SMILES string of the molecule is COc1ccc(C23CCC(NC(=O)Nc4ccc(F)c(Cl)c4)CC2N(C2CCOCC2)CC3)cc1OC.O=C(O)C(F)(F)F. The summed E-state index contributed by atoms with van der Waals surface area (Å²) in [6.07, 6.45) is 0.718. The summed E-state index contributed by atoms with van der Waals surface area (Å²) in [6, 6.07) is 11.0. The van der Waals surface area contributed by atoms with Crippen molar-refractivity contribution in [1.82, 2.24) is 10.2 Å². The lowest BCUT2D eigenvalue weighted by atomic mass is 9.65. The second-order valence-electron chi connectivity index (χ2n) is 11.1. The zero-order chi connectivity index (χ0) is 32.1. The van der Waals surface area contributed by atoms with Crippen molar-refractivity contribution in [2.45, 2.75) is 68.2 Å². The zero-order valence-electron chi connectivity index (χ0n) is 24.4. The molecule has 44 heavy (non-hydrogen) atoms. The molecule has 2 amide bonds. The van der Waals surface area contributed by atoms with Crippen molar-refractivity contribution >= 4 is 29.3 Å². The van der Waals surface area contributed by atoms with Gasteiger partial charge in [-0.2, -0.15) is 13.2 Å². The van der Waals surface area contributed by atoms with E-state index in [4.69, 9.17) is 35.7 Å². The number of aliphatic carboxylic acids is 1. The Morgan fingerprint density at radius 3 is 2.34 bits per heavy atom. The van der Waals surface area contributed by atoms with Crippen molar-refractivity contribution < 1.29 is 46.5 Å². The second-order valence-corrected chi connectivity index (χ2v) is 11.5. The fourth-order valence-electron chi connectivity index (χ4n) is 6.58. The van der Waals surface area contributed by atoms with Crippen LogP contribution in [0, 0.1) is 5.82 Å². The lowest BCUT2D eigenvalue weighted by molar-refractivity contribution is -0.192. The lowest BCUT2D eigenvalue weighted by Crippen LogP contribution is -2.55. The number of alkyl halides is 3. The molecule has 3 aliphatic rings. The number of carboxylic acids is 1. The number of fused-ring (bicyclic) bond motifs is 1. The Balaban J connectivity index is 0.000000566. The summed E-state index contributed by atoms with van der Waals surface area (Å²) < 4.78 is 62.0. The number of ether oxygens (including phenoxy) is 3. The zero-order valence-corrected chi connectivity index (χ0v) is 25.1. The quantitative estimate of drug-likeness (QED) is 0.331. The van der Waals surface area contributed by atoms with Crippen LogP contribution < -0.4 is 20.1 Å². The molecule has 5 rings (SSSR count). The molecular weight excluding hydrogens is 610 g/mol. The number of halogens is 5. The van der Waals surface area contributed by atoms with Crippen LogP contribution in [0.15, 0.2) is 36.4 Å². The van der Waals surface area contributed by atoms with E-state index in [0.29, 0.717) is 11.7 Å². The maximum atomic E-state index is 13.5. The molecule has 0 radical (unpaired) electrons. The maximum absolute atomic E-state index is 13.5. The highest BCUT2D eigenvalue weighted by atomic mass is 35.5. The van der Waals surface area contributed by atoms with Crippen molar-refractivity contribution in [3.63, 3.8) is 0 Å². The van der Waals surface area contributed by atoms with Gasteiger partial charge in [0.25, 0.3) is 0 Å². The monoisotopic (exact) mass is 645 g/mol. The van der Waals surface area contributed by atoms with Gasteiger partial charge in [0.1, 0.15) is 5.82 Å². The molecule has 2 heterocycles. The first-order valence-electron chi connectivity index (χ1n) is 14.3. The number of benzene rings is 2. The highest BCUT2D eigenvalue weighted by Gasteiger charge is 2.53. The average Bonchev–Trinajstić information content (AvgIpc) is 3.39. The van der Waals surface area contributed by atoms with Gasteiger partial charge in [-0.05, 0) is 81.0 Å². The van der Waals surface area contributed by atoms with E-state index in [0.717, 1.165) is 69.8 Å². The lowest BCUT2D eigenvalue weighted by Gasteiger charge is -2.47. The third-order valence-corrected chi connectivity index (χ3v) is 8.96. The smallest absolute Gasteiger partial charge is 0.490 e. The van der Waals surface area contributed by atoms with Gasteiger partial charge in [0.2, 0.25) is 0 Å². The standard InChI is InChI=1S/C28H35ClFN3O4.C2HF3O2/c1-35-24-6-3-18(15-25(24)36-2)28-10-7-20(32-27(34)31-19-4-5-23(30)22(29)16-19)17-26(28)33(12-11-28)21-8-13-37-14-9-21;3-2(4,5)1(6)7/h3-6,15-16,20-21,26H,7-14,17H2,1-2H3,(H2,31,32,34);(H,6,7). The van der Waals surface area contributed by atoms with E-state index >= 15 is 0 Å². The molecule has 14 heteroatoms. The molecule has 0 bridgehead atoms. The minimum absolute atomic E-state index is 0.0169. The highest BCUT2D eigenvalue weighted by molar-refractivity contribution is 6.31. The number of methoxy groups -OCH3 is 2. The van der Waals surface area contributed by atoms with Gasteiger partial charge in [0.05, 0.1) is 19.2 Å². The maximum Gasteiger partial charge on any atom is 0.490 e. The third-order valence-electron chi connectivity index (χ3n) is 8.67. The van der Waals surface area contributed by atoms with Crippen LogP contribution >= 0.6 is 11.6 Å². The molecule has 2 aromatic rings. The number of anilines is 1. The number of likely N-dealkylation sites (tertiary alicyclic amines) is 1. The molecular formula is C30H36ClF4N3O6. The third kappa shape index (κ3) is 7.67. The van der Waals surface area contributed by atoms with E-state index in [9.17, 15) is 22.4 Å². The number of amides is 2. The number of rotatable bonds is 6. The normalized spacial score (nSPS) is 24.0. The summed E-state index contributed by atoms with van der Waals surface area (Å²) in [4.78, 5) is 24.4. The molecule has 2 saturated heterocycles. The van der Waals surface area contributed by atoms with Crippen LogP contribution in [-0.4, -0.2) is 80.3 Å². The van der Waals surface area contributed by atoms with Crippen LogP contribution in [0.25, 0.3) is 0 Å². The predicted octanol–water partition coefficient (Wildman–Crippen LogP) is 5.99. The predicted molar refractivity (Wildman–Crippen MR) is 155 cm³/mol. The van der Waals surface area contributed by atoms with Gasteiger partial charge in [-0.1, -0.05) is 17.7 Å². The fraction of sp³-hybridized carbons (Fsp3) is 0.533. The molecule has 2 aromatic carbocycles. The molecule has 0 aromatic heterocycles. The molecule has 9 nitrogen and oxygen atoms in total. The minimum Gasteiger partial charge on any atom is -0.493 e. The summed E-state index contributed by atoms with van der Waals surface area (Å²) in [5, 5.41) is 13.1. The Morgan fingerprint density at radius 2 is 1.73 bits per heavy atom. The van der Waals surface area contributed by atoms with Gasteiger partial charge in [-0.25, -0.2) is 14.0 Å². The van der Waals surface area contributed by atoms with Gasteiger partial charge in [-0.3, -0.25) is 4.90 Å². The second kappa shape index (κ2) is 14.2. The van der Waals surface area contributed by atoms with Crippen molar-refractivity contribution in [2.75, 3.05) is 39.3 Å². The molecule has 2 aliphatic heterocycles. The Morgan fingerprint density at radius 1 is 1.05 bits per heavy atom. The van der Waals surface area contributed by atoms with Crippen LogP contribution in [0.3, 0.4) is 0 Å². The van der Waals surface area contributed by atoms with Crippen molar-refractivity contribution in [2.24, 2.45) is 0 Å². The van der Waals surface area contributed by atoms with Crippen LogP contribution in [0.1, 0.15) is 44.1 Å². The van der Waals surface area contributed by atoms with E-state index in [1.165, 1.54) is 23.8 Å². The molecule has 3 N–H and O–H groups in total. The van der Waals surface area contributed by atoms with E-state index in [1.54, 1.807) is 14.2 Å². The summed E-state index contributed by atoms with van der Waals surface area (Å²) >= 11 is 5.88. The molecule has 0 spiro atoms. The largest absolute Gasteiger partial charge is 0.493 e. The Labute approximate surface area is 257 Å². The summed E-state index contributed by atoms with van der Waals surface area (Å²) in [5.74, 6) is -1.80. The first-order valence-corrected chi connectivity index (χ1v) is 14.6. The molecule has 1 aliphatic carbocycles. The number of urea groups is 1. The van der Waals surface area contributed by atoms with E-state index < -0.39 is 18.0 Å². The van der Waals surface area contributed by atoms with Gasteiger partial charge in [0, 0.05) is 42.4 Å². The summed E-state index contributed by atoms with van der Waals surface area (Å²) in [5.41, 5.74) is 1.72. The Bertz CT molecular complexity index is 1330. The van der Waals surface area contributed by atoms with Crippen molar-refractivity contribution in [1.29, 1.82) is 0 Å². The number of carboxylic acid groups (broad SMARTS) is 1. The van der Waals surface area contributed by atoms with Gasteiger partial charge < -0.3 is 30.0 Å². The van der Waals surface area contributed by atoms with Gasteiger partial charge in [-0.15, -0.1) is 0 Å². The van der Waals surface area contributed by atoms with Crippen LogP contribution in [0.2, 0.25) is 5.02 Å². The van der Waals surface area contributed by atoms with Crippen LogP contribution in [0.5, 0.6) is 11.5 Å². The number of hydrogen-bond acceptors (Lipinski definition) is 6. The molecule has 242 valence electrons. The van der Waals surface area contributed by atoms with Crippen molar-refractivity contribution in [3.05, 3.63) is 52.8 Å². The van der Waals surface area contributed by atoms with Crippen LogP contribution in [-0.2, 0) is 14.9 Å². The van der Waals surface area contributed by atoms with E-state index in [-0.39, 0.29) is 28.6 Å². The van der Waals surface area contributed by atoms with Crippen molar-refractivity contribution in [3.8, 4) is 11.5 Å². The van der Waals surface area contributed by atoms with E-state index in [2.05, 4.69) is 27.7 Å². The molecule has 3 fully saturated rings. The topological polar surface area (TPSA) is 109 Å². The van der Waals surface area contributed by atoms with Gasteiger partial charge in [0.15, 0.2) is 11.5 Å². The number of carbonyl (C=O) groups is 2. The summed E-state index contributed by atoms with van der Waals surface area (Å²) in [7, 11) is 3.33. The highest BCUT2D eigenvalue weighted by Crippen LogP contribution is 2.51. The Hall–Kier alpha value is -3.29. The molecule has 3 atom stereocenters.